The summed E-state index contributed by atoms with van der Waals surface area (Å²) in [5, 5.41) is 11.5. The number of aliphatic carboxylic acids is 1. The number of ether oxygens (including phenoxy) is 1. The van der Waals surface area contributed by atoms with E-state index < -0.39 is 18.0 Å². The molecule has 0 aliphatic carbocycles. The van der Waals surface area contributed by atoms with Gasteiger partial charge in [0.2, 0.25) is 0 Å². The van der Waals surface area contributed by atoms with Gasteiger partial charge in [0.1, 0.15) is 6.04 Å². The zero-order valence-corrected chi connectivity index (χ0v) is 11.0. The van der Waals surface area contributed by atoms with Crippen LogP contribution in [0.2, 0.25) is 0 Å². The van der Waals surface area contributed by atoms with Crippen LogP contribution in [0.25, 0.3) is 0 Å². The molecule has 6 heteroatoms. The van der Waals surface area contributed by atoms with Gasteiger partial charge in [-0.05, 0) is 12.1 Å². The van der Waals surface area contributed by atoms with Gasteiger partial charge in [0, 0.05) is 32.9 Å². The lowest BCUT2D eigenvalue weighted by Crippen LogP contribution is -2.47. The van der Waals surface area contributed by atoms with Crippen LogP contribution < -0.4 is 10.2 Å². The van der Waals surface area contributed by atoms with Gasteiger partial charge in [0.05, 0.1) is 0 Å². The van der Waals surface area contributed by atoms with Crippen molar-refractivity contribution in [1.29, 1.82) is 0 Å². The van der Waals surface area contributed by atoms with Crippen molar-refractivity contribution < 1.29 is 19.4 Å². The minimum absolute atomic E-state index is 0.222. The summed E-state index contributed by atoms with van der Waals surface area (Å²) >= 11 is 0. The summed E-state index contributed by atoms with van der Waals surface area (Å²) in [6.45, 7) is 0.270. The topological polar surface area (TPSA) is 78.9 Å². The number of nitrogens with one attached hydrogen (secondary N) is 1. The molecule has 1 unspecified atom stereocenters. The quantitative estimate of drug-likeness (QED) is 0.814. The van der Waals surface area contributed by atoms with E-state index in [1.54, 1.807) is 31.3 Å². The minimum atomic E-state index is -1.08. The standard InChI is InChI=1S/C13H18N2O4/c1-15(10-6-4-3-5-7-10)13(18)14-11(12(16)17)8-9-19-2/h3-7,11H,8-9H2,1-2H3,(H,14,18)(H,16,17). The van der Waals surface area contributed by atoms with Crippen LogP contribution in [0.15, 0.2) is 30.3 Å². The van der Waals surface area contributed by atoms with Gasteiger partial charge in [-0.25, -0.2) is 9.59 Å². The normalized spacial score (nSPS) is 11.7. The number of hydrogen-bond acceptors (Lipinski definition) is 3. The maximum Gasteiger partial charge on any atom is 0.326 e. The summed E-state index contributed by atoms with van der Waals surface area (Å²) in [5.41, 5.74) is 0.691. The molecule has 6 nitrogen and oxygen atoms in total. The van der Waals surface area contributed by atoms with Crippen LogP contribution in [0.5, 0.6) is 0 Å². The van der Waals surface area contributed by atoms with E-state index in [2.05, 4.69) is 5.32 Å². The molecule has 0 saturated carbocycles. The van der Waals surface area contributed by atoms with Crippen LogP contribution in [-0.2, 0) is 9.53 Å². The minimum Gasteiger partial charge on any atom is -0.480 e. The molecule has 1 aromatic carbocycles. The van der Waals surface area contributed by atoms with E-state index in [-0.39, 0.29) is 13.0 Å². The highest BCUT2D eigenvalue weighted by molar-refractivity contribution is 5.93. The number of methoxy groups -OCH3 is 1. The fourth-order valence-corrected chi connectivity index (χ4v) is 1.51. The third-order valence-corrected chi connectivity index (χ3v) is 2.65. The van der Waals surface area contributed by atoms with Gasteiger partial charge in [-0.2, -0.15) is 0 Å². The van der Waals surface area contributed by atoms with Gasteiger partial charge >= 0.3 is 12.0 Å². The van der Waals surface area contributed by atoms with Crippen molar-refractivity contribution in [2.24, 2.45) is 0 Å². The smallest absolute Gasteiger partial charge is 0.326 e. The van der Waals surface area contributed by atoms with Crippen molar-refractivity contribution in [3.8, 4) is 0 Å². The second-order valence-corrected chi connectivity index (χ2v) is 4.02. The largest absolute Gasteiger partial charge is 0.480 e. The van der Waals surface area contributed by atoms with Crippen LogP contribution >= 0.6 is 0 Å². The third-order valence-electron chi connectivity index (χ3n) is 2.65. The van der Waals surface area contributed by atoms with Crippen LogP contribution in [0, 0.1) is 0 Å². The Kier molecular flexibility index (Phi) is 5.81. The molecule has 1 aromatic rings. The lowest BCUT2D eigenvalue weighted by atomic mass is 10.2. The highest BCUT2D eigenvalue weighted by Gasteiger charge is 2.21. The van der Waals surface area contributed by atoms with Gasteiger partial charge in [-0.1, -0.05) is 18.2 Å². The number of benzene rings is 1. The zero-order valence-electron chi connectivity index (χ0n) is 11.0. The summed E-state index contributed by atoms with van der Waals surface area (Å²) in [7, 11) is 3.07. The summed E-state index contributed by atoms with van der Waals surface area (Å²) in [4.78, 5) is 24.3. The molecule has 1 rings (SSSR count). The fraction of sp³-hybridized carbons (Fsp3) is 0.385. The maximum absolute atomic E-state index is 11.9. The molecule has 1 atom stereocenters. The molecule has 19 heavy (non-hydrogen) atoms. The van der Waals surface area contributed by atoms with E-state index in [0.29, 0.717) is 5.69 Å². The molecule has 104 valence electrons. The first-order valence-corrected chi connectivity index (χ1v) is 5.87. The van der Waals surface area contributed by atoms with Gasteiger partial charge in [0.15, 0.2) is 0 Å². The number of nitrogens with zero attached hydrogens (tertiary/aromatic N) is 1. The first-order chi connectivity index (χ1) is 9.06. The Bertz CT molecular complexity index is 422. The monoisotopic (exact) mass is 266 g/mol. The lowest BCUT2D eigenvalue weighted by Gasteiger charge is -2.21. The number of amides is 2. The van der Waals surface area contributed by atoms with Crippen LogP contribution in [0.3, 0.4) is 0 Å². The Morgan fingerprint density at radius 3 is 2.53 bits per heavy atom. The van der Waals surface area contributed by atoms with E-state index in [1.807, 2.05) is 6.07 Å². The first-order valence-electron chi connectivity index (χ1n) is 5.87. The second kappa shape index (κ2) is 7.38. The van der Waals surface area contributed by atoms with E-state index in [9.17, 15) is 9.59 Å². The SMILES string of the molecule is COCCC(NC(=O)N(C)c1ccccc1)C(=O)O. The van der Waals surface area contributed by atoms with Crippen molar-refractivity contribution in [3.05, 3.63) is 30.3 Å². The van der Waals surface area contributed by atoms with E-state index in [1.165, 1.54) is 12.0 Å². The van der Waals surface area contributed by atoms with Crippen molar-refractivity contribution in [2.75, 3.05) is 25.7 Å². The summed E-state index contributed by atoms with van der Waals surface area (Å²) in [6.07, 6.45) is 0.222. The number of urea groups is 1. The number of anilines is 1. The van der Waals surface area contributed by atoms with Crippen LogP contribution in [0.1, 0.15) is 6.42 Å². The van der Waals surface area contributed by atoms with Crippen LogP contribution in [0.4, 0.5) is 10.5 Å². The molecular weight excluding hydrogens is 248 g/mol. The Hall–Kier alpha value is -2.08. The molecule has 0 aliphatic heterocycles. The number of carbonyl (C=O) groups excluding carboxylic acids is 1. The molecule has 0 heterocycles. The number of carbonyl (C=O) groups is 2. The first kappa shape index (κ1) is 15.0. The third kappa shape index (κ3) is 4.59. The molecular formula is C13H18N2O4. The molecule has 0 bridgehead atoms. The molecule has 0 aliphatic rings. The number of para-hydroxylation sites is 1. The summed E-state index contributed by atoms with van der Waals surface area (Å²) in [6, 6.07) is 7.56. The summed E-state index contributed by atoms with van der Waals surface area (Å²) < 4.78 is 4.82. The average Bonchev–Trinajstić information content (AvgIpc) is 2.43. The highest BCUT2D eigenvalue weighted by atomic mass is 16.5. The molecule has 0 fully saturated rings. The average molecular weight is 266 g/mol. The molecule has 0 aromatic heterocycles. The van der Waals surface area contributed by atoms with Gasteiger partial charge in [-0.3, -0.25) is 4.90 Å². The zero-order chi connectivity index (χ0) is 14.3. The maximum atomic E-state index is 11.9. The van der Waals surface area contributed by atoms with E-state index in [0.717, 1.165) is 0 Å². The second-order valence-electron chi connectivity index (χ2n) is 4.02. The van der Waals surface area contributed by atoms with Crippen molar-refractivity contribution in [3.63, 3.8) is 0 Å². The van der Waals surface area contributed by atoms with Crippen LogP contribution in [-0.4, -0.2) is 43.9 Å². The van der Waals surface area contributed by atoms with Gasteiger partial charge in [-0.15, -0.1) is 0 Å². The number of carboxylic acid groups (broad SMARTS) is 1. The predicted octanol–water partition coefficient (Wildman–Crippen LogP) is 1.32. The Labute approximate surface area is 112 Å². The Balaban J connectivity index is 2.64. The Morgan fingerprint density at radius 1 is 1.37 bits per heavy atom. The molecule has 0 radical (unpaired) electrons. The molecule has 0 spiro atoms. The predicted molar refractivity (Wildman–Crippen MR) is 71.3 cm³/mol. The van der Waals surface area contributed by atoms with Gasteiger partial charge < -0.3 is 15.2 Å². The molecule has 2 amide bonds. The number of hydrogen-bond donors (Lipinski definition) is 2. The van der Waals surface area contributed by atoms with E-state index >= 15 is 0 Å². The van der Waals surface area contributed by atoms with Gasteiger partial charge in [0.25, 0.3) is 0 Å². The van der Waals surface area contributed by atoms with Crippen molar-refractivity contribution in [2.45, 2.75) is 12.5 Å². The van der Waals surface area contributed by atoms with Crippen molar-refractivity contribution >= 4 is 17.7 Å². The fourth-order valence-electron chi connectivity index (χ4n) is 1.51. The van der Waals surface area contributed by atoms with E-state index in [4.69, 9.17) is 9.84 Å². The number of carboxylic acids is 1. The highest BCUT2D eigenvalue weighted by Crippen LogP contribution is 2.11. The molecule has 2 N–H and O–H groups in total. The number of rotatable bonds is 6. The summed E-state index contributed by atoms with van der Waals surface area (Å²) in [5.74, 6) is -1.08. The molecule has 0 saturated heterocycles. The lowest BCUT2D eigenvalue weighted by molar-refractivity contribution is -0.139. The van der Waals surface area contributed by atoms with Crippen molar-refractivity contribution in [1.82, 2.24) is 5.32 Å². The Morgan fingerprint density at radius 2 is 2.00 bits per heavy atom.